The third-order valence-electron chi connectivity index (χ3n) is 2.67. The van der Waals surface area contributed by atoms with Gasteiger partial charge in [-0.1, -0.05) is 30.3 Å². The monoisotopic (exact) mass is 269 g/mol. The molecule has 3 nitrogen and oxygen atoms in total. The molecule has 0 unspecified atom stereocenters. The van der Waals surface area contributed by atoms with E-state index in [2.05, 4.69) is 28.2 Å². The molecular formula is C15H15N3S. The zero-order valence-corrected chi connectivity index (χ0v) is 11.6. The van der Waals surface area contributed by atoms with Gasteiger partial charge in [0, 0.05) is 23.8 Å². The molecule has 1 aromatic carbocycles. The van der Waals surface area contributed by atoms with Crippen LogP contribution in [-0.4, -0.2) is 17.7 Å². The molecule has 0 saturated heterocycles. The molecule has 4 heteroatoms. The zero-order valence-electron chi connectivity index (χ0n) is 10.8. The van der Waals surface area contributed by atoms with Gasteiger partial charge in [-0.15, -0.1) is 11.3 Å². The summed E-state index contributed by atoms with van der Waals surface area (Å²) in [6, 6.07) is 12.4. The van der Waals surface area contributed by atoms with Crippen LogP contribution in [0.3, 0.4) is 0 Å². The van der Waals surface area contributed by atoms with E-state index in [0.29, 0.717) is 6.54 Å². The van der Waals surface area contributed by atoms with E-state index in [-0.39, 0.29) is 5.92 Å². The molecular weight excluding hydrogens is 254 g/mol. The Hall–Kier alpha value is -1.99. The van der Waals surface area contributed by atoms with E-state index in [4.69, 9.17) is 5.26 Å². The highest BCUT2D eigenvalue weighted by Crippen LogP contribution is 2.17. The molecule has 0 fully saturated rings. The summed E-state index contributed by atoms with van der Waals surface area (Å²) in [5.41, 5.74) is 2.22. The van der Waals surface area contributed by atoms with E-state index in [1.807, 2.05) is 30.5 Å². The predicted molar refractivity (Wildman–Crippen MR) is 78.7 cm³/mol. The average molecular weight is 269 g/mol. The van der Waals surface area contributed by atoms with Gasteiger partial charge in [0.1, 0.15) is 10.9 Å². The van der Waals surface area contributed by atoms with Crippen LogP contribution < -0.4 is 0 Å². The Kier molecular flexibility index (Phi) is 4.82. The molecule has 96 valence electrons. The molecule has 0 saturated carbocycles. The summed E-state index contributed by atoms with van der Waals surface area (Å²) >= 11 is 1.51. The van der Waals surface area contributed by atoms with Gasteiger partial charge in [0.15, 0.2) is 0 Å². The van der Waals surface area contributed by atoms with Crippen molar-refractivity contribution in [2.45, 2.75) is 19.3 Å². The molecule has 1 atom stereocenters. The SMILES string of the molecule is Cc1csc([C@H](C#N)C=NCCc2ccccc2)n1. The number of aromatic nitrogens is 1. The van der Waals surface area contributed by atoms with E-state index in [1.54, 1.807) is 6.21 Å². The fourth-order valence-electron chi connectivity index (χ4n) is 1.69. The minimum absolute atomic E-state index is 0.325. The normalized spacial score (nSPS) is 12.4. The van der Waals surface area contributed by atoms with E-state index in [9.17, 15) is 0 Å². The first-order valence-electron chi connectivity index (χ1n) is 6.15. The van der Waals surface area contributed by atoms with Gasteiger partial charge in [0.2, 0.25) is 0 Å². The lowest BCUT2D eigenvalue weighted by Gasteiger charge is -1.99. The van der Waals surface area contributed by atoms with Crippen molar-refractivity contribution in [2.24, 2.45) is 4.99 Å². The standard InChI is InChI=1S/C15H15N3S/c1-12-11-19-15(18-12)14(9-16)10-17-8-7-13-5-3-2-4-6-13/h2-6,10-11,14H,7-8H2,1H3/t14-/m1/s1. The maximum absolute atomic E-state index is 9.13. The first kappa shape index (κ1) is 13.4. The number of hydrogen-bond donors (Lipinski definition) is 0. The summed E-state index contributed by atoms with van der Waals surface area (Å²) in [5, 5.41) is 11.9. The molecule has 2 aromatic rings. The van der Waals surface area contributed by atoms with Crippen LogP contribution >= 0.6 is 11.3 Å². The van der Waals surface area contributed by atoms with Crippen molar-refractivity contribution in [1.29, 1.82) is 5.26 Å². The van der Waals surface area contributed by atoms with Crippen molar-refractivity contribution in [3.8, 4) is 6.07 Å². The fraction of sp³-hybridized carbons (Fsp3) is 0.267. The highest BCUT2D eigenvalue weighted by Gasteiger charge is 2.11. The summed E-state index contributed by atoms with van der Waals surface area (Å²) in [5.74, 6) is -0.325. The smallest absolute Gasteiger partial charge is 0.133 e. The number of benzene rings is 1. The lowest BCUT2D eigenvalue weighted by atomic mass is 10.1. The maximum Gasteiger partial charge on any atom is 0.133 e. The van der Waals surface area contributed by atoms with Gasteiger partial charge in [0.25, 0.3) is 0 Å². The maximum atomic E-state index is 9.13. The van der Waals surface area contributed by atoms with E-state index < -0.39 is 0 Å². The molecule has 0 aliphatic carbocycles. The van der Waals surface area contributed by atoms with E-state index >= 15 is 0 Å². The van der Waals surface area contributed by atoms with Crippen molar-refractivity contribution in [1.82, 2.24) is 4.98 Å². The summed E-state index contributed by atoms with van der Waals surface area (Å²) in [7, 11) is 0. The van der Waals surface area contributed by atoms with Crippen molar-refractivity contribution < 1.29 is 0 Å². The lowest BCUT2D eigenvalue weighted by molar-refractivity contribution is 0.961. The van der Waals surface area contributed by atoms with Crippen LogP contribution in [0.2, 0.25) is 0 Å². The van der Waals surface area contributed by atoms with Gasteiger partial charge >= 0.3 is 0 Å². The Morgan fingerprint density at radius 2 is 2.21 bits per heavy atom. The minimum Gasteiger partial charge on any atom is -0.295 e. The quantitative estimate of drug-likeness (QED) is 0.781. The van der Waals surface area contributed by atoms with Crippen LogP contribution in [0.5, 0.6) is 0 Å². The lowest BCUT2D eigenvalue weighted by Crippen LogP contribution is -1.98. The Labute approximate surface area is 117 Å². The highest BCUT2D eigenvalue weighted by molar-refractivity contribution is 7.09. The third kappa shape index (κ3) is 4.01. The minimum atomic E-state index is -0.325. The van der Waals surface area contributed by atoms with Crippen LogP contribution in [0, 0.1) is 18.3 Å². The number of thiazole rings is 1. The van der Waals surface area contributed by atoms with Crippen LogP contribution in [0.1, 0.15) is 22.2 Å². The first-order valence-corrected chi connectivity index (χ1v) is 7.03. The van der Waals surface area contributed by atoms with Crippen LogP contribution in [0.25, 0.3) is 0 Å². The number of aryl methyl sites for hydroxylation is 1. The molecule has 0 amide bonds. The number of nitrogens with zero attached hydrogens (tertiary/aromatic N) is 3. The summed E-state index contributed by atoms with van der Waals surface area (Å²) in [6.07, 6.45) is 2.60. The van der Waals surface area contributed by atoms with Crippen LogP contribution in [0.15, 0.2) is 40.7 Å². The second kappa shape index (κ2) is 6.81. The molecule has 0 radical (unpaired) electrons. The molecule has 2 rings (SSSR count). The molecule has 0 aliphatic rings. The first-order chi connectivity index (χ1) is 9.29. The van der Waals surface area contributed by atoms with Crippen LogP contribution in [0.4, 0.5) is 0 Å². The highest BCUT2D eigenvalue weighted by atomic mass is 32.1. The van der Waals surface area contributed by atoms with Crippen molar-refractivity contribution in [2.75, 3.05) is 6.54 Å². The molecule has 19 heavy (non-hydrogen) atoms. The van der Waals surface area contributed by atoms with Gasteiger partial charge in [-0.05, 0) is 18.9 Å². The fourth-order valence-corrected chi connectivity index (χ4v) is 2.49. The second-order valence-electron chi connectivity index (χ2n) is 4.22. The Bertz CT molecular complexity index is 581. The second-order valence-corrected chi connectivity index (χ2v) is 5.11. The van der Waals surface area contributed by atoms with E-state index in [0.717, 1.165) is 17.1 Å². The van der Waals surface area contributed by atoms with Gasteiger partial charge in [-0.25, -0.2) is 4.98 Å². The summed E-state index contributed by atoms with van der Waals surface area (Å²) in [6.45, 7) is 2.63. The van der Waals surface area contributed by atoms with Crippen molar-refractivity contribution in [3.63, 3.8) is 0 Å². The van der Waals surface area contributed by atoms with Gasteiger partial charge in [-0.2, -0.15) is 5.26 Å². The topological polar surface area (TPSA) is 49.0 Å². The molecule has 1 aromatic heterocycles. The third-order valence-corrected chi connectivity index (χ3v) is 3.71. The van der Waals surface area contributed by atoms with Gasteiger partial charge < -0.3 is 0 Å². The largest absolute Gasteiger partial charge is 0.295 e. The molecule has 0 spiro atoms. The number of hydrogen-bond acceptors (Lipinski definition) is 4. The number of rotatable bonds is 5. The van der Waals surface area contributed by atoms with E-state index in [1.165, 1.54) is 16.9 Å². The van der Waals surface area contributed by atoms with Crippen molar-refractivity contribution in [3.05, 3.63) is 52.0 Å². The Morgan fingerprint density at radius 3 is 2.84 bits per heavy atom. The van der Waals surface area contributed by atoms with Gasteiger partial charge in [0.05, 0.1) is 6.07 Å². The number of nitriles is 1. The number of aliphatic imine (C=N–C) groups is 1. The van der Waals surface area contributed by atoms with Gasteiger partial charge in [-0.3, -0.25) is 4.99 Å². The molecule has 1 heterocycles. The van der Waals surface area contributed by atoms with Crippen LogP contribution in [-0.2, 0) is 6.42 Å². The predicted octanol–water partition coefficient (Wildman–Crippen LogP) is 3.37. The average Bonchev–Trinajstić information content (AvgIpc) is 2.86. The molecule has 0 bridgehead atoms. The summed E-state index contributed by atoms with van der Waals surface area (Å²) in [4.78, 5) is 8.67. The Balaban J connectivity index is 1.89. The van der Waals surface area contributed by atoms with Crippen molar-refractivity contribution >= 4 is 17.6 Å². The molecule has 0 N–H and O–H groups in total. The molecule has 0 aliphatic heterocycles. The zero-order chi connectivity index (χ0) is 13.5. The summed E-state index contributed by atoms with van der Waals surface area (Å²) < 4.78 is 0. The Morgan fingerprint density at radius 1 is 1.42 bits per heavy atom.